The molecule has 1 aliphatic rings. The number of anilines is 2. The van der Waals surface area contributed by atoms with Crippen molar-refractivity contribution in [3.05, 3.63) is 66.5 Å². The summed E-state index contributed by atoms with van der Waals surface area (Å²) in [6.45, 7) is 1.52. The molecule has 2 aromatic carbocycles. The van der Waals surface area contributed by atoms with E-state index in [2.05, 4.69) is 20.4 Å². The summed E-state index contributed by atoms with van der Waals surface area (Å²) in [4.78, 5) is 32.7. The summed E-state index contributed by atoms with van der Waals surface area (Å²) < 4.78 is 38.3. The smallest absolute Gasteiger partial charge is 0.345 e. The number of imidazole rings is 1. The summed E-state index contributed by atoms with van der Waals surface area (Å²) in [7, 11) is 0. The van der Waals surface area contributed by atoms with Crippen molar-refractivity contribution in [2.24, 2.45) is 11.0 Å². The van der Waals surface area contributed by atoms with Gasteiger partial charge in [0.1, 0.15) is 5.82 Å². The number of alkyl halides is 3. The molecule has 2 heterocycles. The molecule has 0 bridgehead atoms. The highest BCUT2D eigenvalue weighted by molar-refractivity contribution is 6.28. The number of benzene rings is 2. The Morgan fingerprint density at radius 3 is 2.55 bits per heavy atom. The van der Waals surface area contributed by atoms with Crippen molar-refractivity contribution in [2.45, 2.75) is 13.1 Å². The van der Waals surface area contributed by atoms with Crippen molar-refractivity contribution in [3.8, 4) is 11.4 Å². The fourth-order valence-corrected chi connectivity index (χ4v) is 3.23. The van der Waals surface area contributed by atoms with Gasteiger partial charge in [-0.15, -0.1) is 0 Å². The van der Waals surface area contributed by atoms with Gasteiger partial charge < -0.3 is 10.3 Å². The van der Waals surface area contributed by atoms with Gasteiger partial charge in [-0.1, -0.05) is 12.1 Å². The lowest BCUT2D eigenvalue weighted by Crippen LogP contribution is -2.36. The lowest BCUT2D eigenvalue weighted by molar-refractivity contribution is -0.137. The molecule has 1 atom stereocenters. The summed E-state index contributed by atoms with van der Waals surface area (Å²) in [5.41, 5.74) is 0.760. The van der Waals surface area contributed by atoms with Gasteiger partial charge >= 0.3 is 6.18 Å². The molecule has 1 aliphatic heterocycles. The maximum absolute atomic E-state index is 12.8. The number of hydrazone groups is 1. The first kappa shape index (κ1) is 20.3. The number of nitrogens with zero attached hydrogens (tertiary/aromatic N) is 3. The average Bonchev–Trinajstić information content (AvgIpc) is 3.36. The quantitative estimate of drug-likeness (QED) is 0.615. The fraction of sp³-hybridized carbons (Fsp3) is 0.143. The first-order valence-electron chi connectivity index (χ1n) is 9.21. The van der Waals surface area contributed by atoms with E-state index in [1.165, 1.54) is 6.92 Å². The monoisotopic (exact) mass is 427 g/mol. The average molecular weight is 427 g/mol. The van der Waals surface area contributed by atoms with E-state index >= 15 is 0 Å². The van der Waals surface area contributed by atoms with Crippen LogP contribution in [-0.4, -0.2) is 27.5 Å². The molecule has 0 saturated carbocycles. The Labute approximate surface area is 174 Å². The van der Waals surface area contributed by atoms with Crippen molar-refractivity contribution in [2.75, 3.05) is 10.3 Å². The number of carbonyl (C=O) groups excluding carboxylic acids is 2. The lowest BCUT2D eigenvalue weighted by atomic mass is 10.0. The number of hydrogen-bond donors (Lipinski definition) is 2. The Balaban J connectivity index is 1.51. The molecule has 0 aliphatic carbocycles. The number of nitrogens with one attached hydrogen (secondary N) is 2. The van der Waals surface area contributed by atoms with Crippen LogP contribution in [0, 0.1) is 5.92 Å². The van der Waals surface area contributed by atoms with Crippen LogP contribution in [0.4, 0.5) is 24.5 Å². The van der Waals surface area contributed by atoms with E-state index in [1.807, 2.05) is 6.07 Å². The fourth-order valence-electron chi connectivity index (χ4n) is 3.23. The lowest BCUT2D eigenvalue weighted by Gasteiger charge is -2.15. The number of amides is 2. The van der Waals surface area contributed by atoms with Crippen molar-refractivity contribution < 1.29 is 22.8 Å². The van der Waals surface area contributed by atoms with Gasteiger partial charge in [-0.25, -0.2) is 4.98 Å². The minimum Gasteiger partial charge on any atom is -0.345 e. The Hall–Kier alpha value is -3.95. The third-order valence-electron chi connectivity index (χ3n) is 4.73. The highest BCUT2D eigenvalue weighted by Crippen LogP contribution is 2.32. The van der Waals surface area contributed by atoms with Crippen LogP contribution >= 0.6 is 0 Å². The SMILES string of the molecule is CC1=NN(c2ccc(C(F)(F)F)cc2)C(=O)C1C(=O)Nc1cccc(-c2ncc[nH]2)c1. The first-order chi connectivity index (χ1) is 14.7. The Morgan fingerprint density at radius 2 is 1.90 bits per heavy atom. The van der Waals surface area contributed by atoms with E-state index in [0.717, 1.165) is 34.8 Å². The maximum atomic E-state index is 12.8. The normalized spacial score (nSPS) is 16.4. The van der Waals surface area contributed by atoms with Crippen LogP contribution in [0.2, 0.25) is 0 Å². The predicted octanol–water partition coefficient (Wildman–Crippen LogP) is 4.07. The van der Waals surface area contributed by atoms with Crippen LogP contribution in [0.1, 0.15) is 12.5 Å². The highest BCUT2D eigenvalue weighted by atomic mass is 19.4. The van der Waals surface area contributed by atoms with Crippen LogP contribution in [0.25, 0.3) is 11.4 Å². The number of hydrogen-bond acceptors (Lipinski definition) is 4. The van der Waals surface area contributed by atoms with Gasteiger partial charge in [0.05, 0.1) is 17.0 Å². The van der Waals surface area contributed by atoms with Gasteiger partial charge in [-0.2, -0.15) is 23.3 Å². The van der Waals surface area contributed by atoms with E-state index in [0.29, 0.717) is 11.5 Å². The van der Waals surface area contributed by atoms with Crippen molar-refractivity contribution in [1.29, 1.82) is 0 Å². The largest absolute Gasteiger partial charge is 0.416 e. The van der Waals surface area contributed by atoms with Crippen molar-refractivity contribution in [1.82, 2.24) is 9.97 Å². The molecule has 31 heavy (non-hydrogen) atoms. The number of aromatic amines is 1. The number of H-pyrrole nitrogens is 1. The third kappa shape index (κ3) is 4.04. The second kappa shape index (κ2) is 7.71. The molecule has 2 amide bonds. The Morgan fingerprint density at radius 1 is 1.16 bits per heavy atom. The molecular weight excluding hydrogens is 411 g/mol. The maximum Gasteiger partial charge on any atom is 0.416 e. The third-order valence-corrected chi connectivity index (χ3v) is 4.73. The molecular formula is C21H16F3N5O2. The minimum absolute atomic E-state index is 0.146. The van der Waals surface area contributed by atoms with E-state index in [4.69, 9.17) is 0 Å². The zero-order valence-corrected chi connectivity index (χ0v) is 16.1. The molecule has 0 fully saturated rings. The standard InChI is InChI=1S/C21H16F3N5O2/c1-12-17(19(30)27-15-4-2-3-13(11-15)18-25-9-10-26-18)20(31)29(28-12)16-7-5-14(6-8-16)21(22,23)24/h2-11,17H,1H3,(H,25,26)(H,27,30). The summed E-state index contributed by atoms with van der Waals surface area (Å²) in [5, 5.41) is 7.71. The molecule has 7 nitrogen and oxygen atoms in total. The second-order valence-electron chi connectivity index (χ2n) is 6.88. The zero-order valence-electron chi connectivity index (χ0n) is 16.1. The van der Waals surface area contributed by atoms with Crippen LogP contribution < -0.4 is 10.3 Å². The molecule has 0 saturated heterocycles. The van der Waals surface area contributed by atoms with Crippen molar-refractivity contribution >= 4 is 28.9 Å². The Kier molecular flexibility index (Phi) is 5.05. The molecule has 1 unspecified atom stereocenters. The molecule has 2 N–H and O–H groups in total. The van der Waals surface area contributed by atoms with Gasteiger partial charge in [0.2, 0.25) is 5.91 Å². The molecule has 4 rings (SSSR count). The summed E-state index contributed by atoms with van der Waals surface area (Å²) >= 11 is 0. The topological polar surface area (TPSA) is 90.4 Å². The molecule has 1 aromatic heterocycles. The molecule has 10 heteroatoms. The van der Waals surface area contributed by atoms with Gasteiger partial charge in [-0.05, 0) is 43.3 Å². The van der Waals surface area contributed by atoms with Gasteiger partial charge in [0.25, 0.3) is 5.91 Å². The summed E-state index contributed by atoms with van der Waals surface area (Å²) in [6, 6.07) is 10.9. The summed E-state index contributed by atoms with van der Waals surface area (Å²) in [5.74, 6) is -1.79. The number of carbonyl (C=O) groups is 2. The van der Waals surface area contributed by atoms with Crippen molar-refractivity contribution in [3.63, 3.8) is 0 Å². The minimum atomic E-state index is -4.49. The molecule has 0 spiro atoms. The molecule has 3 aromatic rings. The molecule has 158 valence electrons. The van der Waals surface area contributed by atoms with Gasteiger partial charge in [0.15, 0.2) is 5.92 Å². The van der Waals surface area contributed by atoms with E-state index < -0.39 is 29.5 Å². The van der Waals surface area contributed by atoms with E-state index in [9.17, 15) is 22.8 Å². The first-order valence-corrected chi connectivity index (χ1v) is 9.21. The highest BCUT2D eigenvalue weighted by Gasteiger charge is 2.40. The van der Waals surface area contributed by atoms with E-state index in [-0.39, 0.29) is 11.4 Å². The zero-order chi connectivity index (χ0) is 22.2. The number of rotatable bonds is 4. The van der Waals surface area contributed by atoms with Gasteiger partial charge in [0, 0.05) is 23.6 Å². The second-order valence-corrected chi connectivity index (χ2v) is 6.88. The van der Waals surface area contributed by atoms with Crippen LogP contribution in [0.15, 0.2) is 66.0 Å². The van der Waals surface area contributed by atoms with Crippen LogP contribution in [0.3, 0.4) is 0 Å². The van der Waals surface area contributed by atoms with Gasteiger partial charge in [-0.3, -0.25) is 9.59 Å². The predicted molar refractivity (Wildman–Crippen MR) is 108 cm³/mol. The summed E-state index contributed by atoms with van der Waals surface area (Å²) in [6.07, 6.45) is -1.21. The van der Waals surface area contributed by atoms with Crippen LogP contribution in [-0.2, 0) is 15.8 Å². The number of aromatic nitrogens is 2. The Bertz CT molecular complexity index is 1150. The number of halogens is 3. The van der Waals surface area contributed by atoms with E-state index in [1.54, 1.807) is 30.6 Å². The molecule has 0 radical (unpaired) electrons. The van der Waals surface area contributed by atoms with Crippen LogP contribution in [0.5, 0.6) is 0 Å².